The van der Waals surface area contributed by atoms with Crippen LogP contribution in [0.25, 0.3) is 0 Å². The Balaban J connectivity index is 1.13. The molecule has 1 saturated carbocycles. The lowest BCUT2D eigenvalue weighted by atomic mass is 10.0. The number of aromatic nitrogens is 3. The van der Waals surface area contributed by atoms with E-state index in [1.165, 1.54) is 25.7 Å². The van der Waals surface area contributed by atoms with Crippen molar-refractivity contribution in [2.24, 2.45) is 0 Å². The number of piperidine rings is 1. The molecule has 51 heavy (non-hydrogen) atoms. The van der Waals surface area contributed by atoms with Gasteiger partial charge in [-0.2, -0.15) is 15.0 Å². The van der Waals surface area contributed by atoms with Crippen LogP contribution in [0.2, 0.25) is 5.02 Å². The molecule has 1 aliphatic heterocycles. The van der Waals surface area contributed by atoms with Crippen molar-refractivity contribution in [3.8, 4) is 5.75 Å². The number of likely N-dealkylation sites (tertiary alicyclic amines) is 1. The van der Waals surface area contributed by atoms with Crippen LogP contribution in [0.1, 0.15) is 64.7 Å². The predicted molar refractivity (Wildman–Crippen MR) is 200 cm³/mol. The van der Waals surface area contributed by atoms with Gasteiger partial charge in [0.25, 0.3) is 0 Å². The Bertz CT molecular complexity index is 1220. The number of hydrogen-bond donors (Lipinski definition) is 4. The van der Waals surface area contributed by atoms with Crippen molar-refractivity contribution in [2.45, 2.75) is 82.8 Å². The fraction of sp³-hybridized carbons (Fsp3) is 0.750. The van der Waals surface area contributed by atoms with Gasteiger partial charge in [0.05, 0.1) is 78.2 Å². The summed E-state index contributed by atoms with van der Waals surface area (Å²) in [6.45, 7) is 9.51. The summed E-state index contributed by atoms with van der Waals surface area (Å²) in [5.41, 5.74) is 0.777. The van der Waals surface area contributed by atoms with E-state index in [0.29, 0.717) is 107 Å². The average Bonchev–Trinajstić information content (AvgIpc) is 3.40. The lowest BCUT2D eigenvalue weighted by Gasteiger charge is -2.36. The van der Waals surface area contributed by atoms with Gasteiger partial charge in [-0.3, -0.25) is 0 Å². The first-order chi connectivity index (χ1) is 25.0. The highest BCUT2D eigenvalue weighted by molar-refractivity contribution is 6.32. The smallest absolute Gasteiger partial charge is 0.233 e. The molecular weight excluding hydrogens is 678 g/mol. The van der Waals surface area contributed by atoms with Crippen LogP contribution in [-0.2, 0) is 23.7 Å². The Labute approximate surface area is 308 Å². The van der Waals surface area contributed by atoms with E-state index in [1.54, 1.807) is 7.11 Å². The van der Waals surface area contributed by atoms with Crippen molar-refractivity contribution in [1.29, 1.82) is 0 Å². The summed E-state index contributed by atoms with van der Waals surface area (Å²) in [7, 11) is 1.60. The second-order valence-corrected chi connectivity index (χ2v) is 13.4. The quantitative estimate of drug-likeness (QED) is 0.0786. The number of benzene rings is 1. The second-order valence-electron chi connectivity index (χ2n) is 13.0. The summed E-state index contributed by atoms with van der Waals surface area (Å²) in [5.74, 6) is 2.24. The van der Waals surface area contributed by atoms with Crippen molar-refractivity contribution < 1.29 is 33.5 Å². The van der Waals surface area contributed by atoms with Crippen LogP contribution >= 0.6 is 11.6 Å². The lowest BCUT2D eigenvalue weighted by Crippen LogP contribution is -2.44. The Kier molecular flexibility index (Phi) is 19.9. The summed E-state index contributed by atoms with van der Waals surface area (Å²) < 4.78 is 32.8. The molecule has 1 aromatic heterocycles. The fourth-order valence-electron chi connectivity index (χ4n) is 6.19. The first-order valence-electron chi connectivity index (χ1n) is 18.7. The van der Waals surface area contributed by atoms with E-state index in [9.17, 15) is 0 Å². The van der Waals surface area contributed by atoms with Crippen LogP contribution in [0.3, 0.4) is 0 Å². The van der Waals surface area contributed by atoms with E-state index in [1.807, 2.05) is 18.2 Å². The molecule has 2 heterocycles. The number of rotatable bonds is 25. The van der Waals surface area contributed by atoms with Gasteiger partial charge in [-0.25, -0.2) is 0 Å². The number of hydrogen-bond acceptors (Lipinski definition) is 14. The summed E-state index contributed by atoms with van der Waals surface area (Å²) in [6.07, 6.45) is 10.2. The molecule has 2 fully saturated rings. The minimum Gasteiger partial charge on any atom is -0.495 e. The average molecular weight is 738 g/mol. The molecule has 0 amide bonds. The third-order valence-corrected chi connectivity index (χ3v) is 9.42. The molecule has 2 aromatic rings. The van der Waals surface area contributed by atoms with Crippen molar-refractivity contribution in [3.63, 3.8) is 0 Å². The summed E-state index contributed by atoms with van der Waals surface area (Å²) >= 11 is 6.38. The Morgan fingerprint density at radius 1 is 0.725 bits per heavy atom. The summed E-state index contributed by atoms with van der Waals surface area (Å²) in [5, 5.41) is 19.7. The van der Waals surface area contributed by atoms with Crippen LogP contribution < -0.4 is 20.7 Å². The van der Waals surface area contributed by atoms with Crippen LogP contribution in [0.15, 0.2) is 18.2 Å². The van der Waals surface area contributed by atoms with Gasteiger partial charge < -0.3 is 54.4 Å². The van der Waals surface area contributed by atoms with Gasteiger partial charge in [0.15, 0.2) is 0 Å². The minimum absolute atomic E-state index is 0.0283. The van der Waals surface area contributed by atoms with Gasteiger partial charge in [-0.1, -0.05) is 37.3 Å². The zero-order valence-electron chi connectivity index (χ0n) is 30.6. The van der Waals surface area contributed by atoms with E-state index < -0.39 is 0 Å². The number of methoxy groups -OCH3 is 1. The maximum Gasteiger partial charge on any atom is 0.233 e. The minimum atomic E-state index is 0.0283. The number of halogens is 1. The fourth-order valence-corrected chi connectivity index (χ4v) is 6.45. The number of aliphatic hydroxyl groups is 1. The zero-order valence-corrected chi connectivity index (χ0v) is 31.3. The second kappa shape index (κ2) is 24.6. The van der Waals surface area contributed by atoms with Crippen LogP contribution in [0.5, 0.6) is 5.75 Å². The topological polar surface area (TPSA) is 154 Å². The molecule has 1 unspecified atom stereocenters. The molecule has 15 heteroatoms. The van der Waals surface area contributed by atoms with Crippen molar-refractivity contribution in [1.82, 2.24) is 19.9 Å². The molecule has 2 aliphatic rings. The Morgan fingerprint density at radius 3 is 1.76 bits per heavy atom. The molecule has 14 nitrogen and oxygen atoms in total. The highest BCUT2D eigenvalue weighted by Crippen LogP contribution is 2.29. The van der Waals surface area contributed by atoms with E-state index in [0.717, 1.165) is 50.9 Å². The Hall–Kier alpha value is -2.56. The molecule has 4 N–H and O–H groups in total. The number of nitrogens with zero attached hydrogens (tertiary/aromatic N) is 4. The summed E-state index contributed by atoms with van der Waals surface area (Å²) in [6, 6.07) is 6.60. The van der Waals surface area contributed by atoms with Crippen molar-refractivity contribution in [3.05, 3.63) is 23.2 Å². The maximum atomic E-state index is 8.65. The van der Waals surface area contributed by atoms with Gasteiger partial charge in [-0.05, 0) is 57.2 Å². The largest absolute Gasteiger partial charge is 0.495 e. The molecule has 1 saturated heterocycles. The third kappa shape index (κ3) is 16.3. The van der Waals surface area contributed by atoms with Crippen LogP contribution in [0.4, 0.5) is 23.5 Å². The van der Waals surface area contributed by atoms with Gasteiger partial charge in [0, 0.05) is 43.5 Å². The Morgan fingerprint density at radius 2 is 1.24 bits per heavy atom. The first-order valence-corrected chi connectivity index (χ1v) is 19.0. The summed E-state index contributed by atoms with van der Waals surface area (Å²) in [4.78, 5) is 16.8. The van der Waals surface area contributed by atoms with Crippen molar-refractivity contribution in [2.75, 3.05) is 109 Å². The third-order valence-electron chi connectivity index (χ3n) is 9.12. The normalized spacial score (nSPS) is 16.9. The molecule has 288 valence electrons. The van der Waals surface area contributed by atoms with E-state index in [2.05, 4.69) is 27.8 Å². The van der Waals surface area contributed by atoms with Gasteiger partial charge in [-0.15, -0.1) is 0 Å². The SMILES string of the molecule is COc1ccc(Nc2nc(NC3CCCCCC3)nc(NC3CCN(C(C)CCOCCOCCOCCOCCOCCO)CC3)n2)cc1Cl. The molecule has 0 spiro atoms. The molecule has 0 radical (unpaired) electrons. The van der Waals surface area contributed by atoms with Crippen LogP contribution in [0, 0.1) is 0 Å². The molecule has 1 atom stereocenters. The molecule has 1 aliphatic carbocycles. The molecule has 4 rings (SSSR count). The highest BCUT2D eigenvalue weighted by atomic mass is 35.5. The van der Waals surface area contributed by atoms with E-state index in [-0.39, 0.29) is 12.6 Å². The van der Waals surface area contributed by atoms with Gasteiger partial charge in [0.2, 0.25) is 17.8 Å². The van der Waals surface area contributed by atoms with E-state index >= 15 is 0 Å². The number of aliphatic hydroxyl groups excluding tert-OH is 1. The monoisotopic (exact) mass is 737 g/mol. The number of nitrogens with one attached hydrogen (secondary N) is 3. The first kappa shape index (κ1) is 41.2. The predicted octanol–water partition coefficient (Wildman–Crippen LogP) is 5.14. The number of anilines is 4. The highest BCUT2D eigenvalue weighted by Gasteiger charge is 2.24. The lowest BCUT2D eigenvalue weighted by molar-refractivity contribution is -0.0143. The van der Waals surface area contributed by atoms with E-state index in [4.69, 9.17) is 60.1 Å². The molecule has 0 bridgehead atoms. The van der Waals surface area contributed by atoms with Crippen LogP contribution in [-0.4, -0.2) is 136 Å². The van der Waals surface area contributed by atoms with Gasteiger partial charge in [0.1, 0.15) is 5.75 Å². The van der Waals surface area contributed by atoms with Gasteiger partial charge >= 0.3 is 0 Å². The standard InChI is InChI=1S/C36H60ClN7O7/c1-28(13-17-47-19-21-49-23-25-51-26-24-50-22-20-48-18-16-45)44-14-11-30(12-15-44)39-35-41-34(38-29-7-5-3-4-6-8-29)42-36(43-35)40-31-9-10-33(46-2)32(37)27-31/h9-10,27-30,45H,3-8,11-26H2,1-2H3,(H3,38,39,40,41,42,43). The number of ether oxygens (including phenoxy) is 6. The molecule has 1 aromatic carbocycles. The zero-order chi connectivity index (χ0) is 35.9. The van der Waals surface area contributed by atoms with Crippen molar-refractivity contribution >= 4 is 35.1 Å². The maximum absolute atomic E-state index is 8.65. The molecular formula is C36H60ClN7O7.